The van der Waals surface area contributed by atoms with Crippen LogP contribution in [0.3, 0.4) is 0 Å². The molecular formula is C27H35ClN2O6. The molecule has 0 unspecified atom stereocenters. The van der Waals surface area contributed by atoms with Crippen molar-refractivity contribution >= 4 is 17.7 Å². The van der Waals surface area contributed by atoms with Gasteiger partial charge in [-0.1, -0.05) is 11.6 Å². The number of hydrogen-bond donors (Lipinski definition) is 1. The van der Waals surface area contributed by atoms with Crippen molar-refractivity contribution in [3.8, 4) is 11.5 Å². The van der Waals surface area contributed by atoms with Crippen molar-refractivity contribution in [1.29, 1.82) is 0 Å². The van der Waals surface area contributed by atoms with Crippen LogP contribution in [0.5, 0.6) is 11.5 Å². The molecule has 4 fully saturated rings. The maximum atomic E-state index is 13.0. The van der Waals surface area contributed by atoms with E-state index in [1.54, 1.807) is 4.90 Å². The van der Waals surface area contributed by atoms with Gasteiger partial charge in [-0.15, -0.1) is 0 Å². The second kappa shape index (κ2) is 7.96. The average Bonchev–Trinajstić information content (AvgIpc) is 3.41. The standard InChI is InChI=1S/C27H35ClN2O6/c1-3-29(4-2)24(31)36-21-18(28)13-17-14-19-26(32)7-8-27(33-11-12-34-27)23-25(26,20(17)22(21)35-23)9-10-30(19)15-16-5-6-16/h13,16,19,23,32H,3-12,14-15H2,1-2H3/t19-,23-,25+,26-/m1/s1. The first-order chi connectivity index (χ1) is 17.4. The Morgan fingerprint density at radius 2 is 1.97 bits per heavy atom. The highest BCUT2D eigenvalue weighted by molar-refractivity contribution is 6.32. The van der Waals surface area contributed by atoms with E-state index in [0.717, 1.165) is 36.6 Å². The lowest BCUT2D eigenvalue weighted by Crippen LogP contribution is -2.79. The number of nitrogens with zero attached hydrogens (tertiary/aromatic N) is 2. The van der Waals surface area contributed by atoms with E-state index in [9.17, 15) is 9.90 Å². The first kappa shape index (κ1) is 23.5. The fraction of sp³-hybridized carbons (Fsp3) is 0.741. The fourth-order valence-corrected chi connectivity index (χ4v) is 8.22. The van der Waals surface area contributed by atoms with Gasteiger partial charge in [0.25, 0.3) is 0 Å². The van der Waals surface area contributed by atoms with Crippen molar-refractivity contribution in [1.82, 2.24) is 9.80 Å². The molecule has 2 bridgehead atoms. The highest BCUT2D eigenvalue weighted by Gasteiger charge is 2.77. The first-order valence-electron chi connectivity index (χ1n) is 13.6. The highest BCUT2D eigenvalue weighted by Crippen LogP contribution is 2.69. The molecule has 0 radical (unpaired) electrons. The number of ether oxygens (including phenoxy) is 4. The molecule has 3 heterocycles. The lowest BCUT2D eigenvalue weighted by Gasteiger charge is -2.65. The molecule has 3 aliphatic carbocycles. The van der Waals surface area contributed by atoms with Crippen molar-refractivity contribution in [2.45, 2.75) is 81.3 Å². The maximum absolute atomic E-state index is 13.0. The van der Waals surface area contributed by atoms with Crippen LogP contribution in [-0.2, 0) is 21.3 Å². The Labute approximate surface area is 216 Å². The Balaban J connectivity index is 1.39. The van der Waals surface area contributed by atoms with Crippen molar-refractivity contribution in [2.75, 3.05) is 39.4 Å². The minimum Gasteiger partial charge on any atom is -0.479 e. The van der Waals surface area contributed by atoms with Crippen LogP contribution in [0.1, 0.15) is 57.1 Å². The molecule has 36 heavy (non-hydrogen) atoms. The number of hydrogen-bond acceptors (Lipinski definition) is 7. The van der Waals surface area contributed by atoms with Crippen LogP contribution in [0.15, 0.2) is 6.07 Å². The number of amides is 1. The number of halogens is 1. The summed E-state index contributed by atoms with van der Waals surface area (Å²) in [5.74, 6) is 0.536. The van der Waals surface area contributed by atoms with E-state index in [1.807, 2.05) is 19.9 Å². The summed E-state index contributed by atoms with van der Waals surface area (Å²) in [6.07, 6.45) is 4.13. The van der Waals surface area contributed by atoms with Crippen LogP contribution < -0.4 is 9.47 Å². The molecule has 1 aromatic carbocycles. The Hall–Kier alpha value is -1.58. The summed E-state index contributed by atoms with van der Waals surface area (Å²) in [6.45, 7) is 7.80. The summed E-state index contributed by atoms with van der Waals surface area (Å²) >= 11 is 6.80. The van der Waals surface area contributed by atoms with Gasteiger partial charge >= 0.3 is 6.09 Å². The van der Waals surface area contributed by atoms with Gasteiger partial charge in [-0.3, -0.25) is 4.90 Å². The fourth-order valence-electron chi connectivity index (χ4n) is 7.96. The third-order valence-corrected chi connectivity index (χ3v) is 10.1. The SMILES string of the molecule is CCN(CC)C(=O)Oc1c(Cl)cc2c3c1O[C@H]1C4(CC[C@@]5(O)[C@@H](C2)N(CC2CC2)CC[C@]315)OCCO4. The van der Waals surface area contributed by atoms with Crippen molar-refractivity contribution < 1.29 is 28.8 Å². The molecule has 1 N–H and O–H groups in total. The molecule has 6 aliphatic rings. The van der Waals surface area contributed by atoms with Crippen LogP contribution >= 0.6 is 11.6 Å². The number of benzene rings is 1. The molecule has 2 spiro atoms. The van der Waals surface area contributed by atoms with Crippen LogP contribution in [0, 0.1) is 5.92 Å². The zero-order valence-corrected chi connectivity index (χ0v) is 21.8. The van der Waals surface area contributed by atoms with E-state index in [1.165, 1.54) is 12.8 Å². The second-order valence-corrected chi connectivity index (χ2v) is 11.8. The Morgan fingerprint density at radius 3 is 2.67 bits per heavy atom. The lowest BCUT2D eigenvalue weighted by atomic mass is 9.48. The van der Waals surface area contributed by atoms with Gasteiger partial charge in [0.05, 0.1) is 29.3 Å². The summed E-state index contributed by atoms with van der Waals surface area (Å²) in [6, 6.07) is 1.92. The van der Waals surface area contributed by atoms with Gasteiger partial charge in [0.1, 0.15) is 0 Å². The summed E-state index contributed by atoms with van der Waals surface area (Å²) in [5.41, 5.74) is 0.328. The Morgan fingerprint density at radius 1 is 1.22 bits per heavy atom. The van der Waals surface area contributed by atoms with Gasteiger partial charge < -0.3 is 29.0 Å². The quantitative estimate of drug-likeness (QED) is 0.639. The van der Waals surface area contributed by atoms with Crippen molar-refractivity contribution in [2.24, 2.45) is 5.92 Å². The van der Waals surface area contributed by atoms with Gasteiger partial charge in [-0.05, 0) is 70.0 Å². The van der Waals surface area contributed by atoms with Crippen LogP contribution in [0.2, 0.25) is 5.02 Å². The highest BCUT2D eigenvalue weighted by atomic mass is 35.5. The molecule has 1 aromatic rings. The zero-order valence-electron chi connectivity index (χ0n) is 21.1. The second-order valence-electron chi connectivity index (χ2n) is 11.4. The van der Waals surface area contributed by atoms with E-state index in [0.29, 0.717) is 56.3 Å². The third-order valence-electron chi connectivity index (χ3n) is 9.80. The van der Waals surface area contributed by atoms with Crippen LogP contribution in [0.4, 0.5) is 4.79 Å². The van der Waals surface area contributed by atoms with Gasteiger partial charge in [-0.2, -0.15) is 0 Å². The number of piperidine rings is 1. The predicted molar refractivity (Wildman–Crippen MR) is 132 cm³/mol. The summed E-state index contributed by atoms with van der Waals surface area (Å²) in [7, 11) is 0. The smallest absolute Gasteiger partial charge is 0.415 e. The first-order valence-corrected chi connectivity index (χ1v) is 14.0. The van der Waals surface area contributed by atoms with Gasteiger partial charge in [0.2, 0.25) is 5.79 Å². The number of carbonyl (C=O) groups is 1. The number of carbonyl (C=O) groups excluding carboxylic acids is 1. The zero-order chi connectivity index (χ0) is 24.9. The van der Waals surface area contributed by atoms with E-state index in [4.69, 9.17) is 30.5 Å². The van der Waals surface area contributed by atoms with E-state index in [2.05, 4.69) is 4.90 Å². The summed E-state index contributed by atoms with van der Waals surface area (Å²) in [4.78, 5) is 17.1. The predicted octanol–water partition coefficient (Wildman–Crippen LogP) is 3.49. The molecule has 8 nitrogen and oxygen atoms in total. The molecule has 2 saturated heterocycles. The average molecular weight is 519 g/mol. The molecule has 3 aliphatic heterocycles. The number of aliphatic hydroxyl groups is 1. The normalized spacial score (nSPS) is 35.4. The van der Waals surface area contributed by atoms with Crippen LogP contribution in [-0.4, -0.2) is 83.9 Å². The molecule has 196 valence electrons. The summed E-state index contributed by atoms with van der Waals surface area (Å²) in [5, 5.41) is 13.0. The van der Waals surface area contributed by atoms with E-state index in [-0.39, 0.29) is 11.8 Å². The molecule has 2 saturated carbocycles. The molecule has 4 atom stereocenters. The van der Waals surface area contributed by atoms with Crippen LogP contribution in [0.25, 0.3) is 0 Å². The Bertz CT molecular complexity index is 1100. The number of fused-ring (bicyclic) bond motifs is 1. The van der Waals surface area contributed by atoms with Gasteiger partial charge in [0, 0.05) is 37.7 Å². The molecule has 1 amide bonds. The third kappa shape index (κ3) is 2.94. The Kier molecular flexibility index (Phi) is 5.20. The van der Waals surface area contributed by atoms with Gasteiger partial charge in [0.15, 0.2) is 17.6 Å². The molecular weight excluding hydrogens is 484 g/mol. The largest absolute Gasteiger partial charge is 0.479 e. The molecule has 9 heteroatoms. The van der Waals surface area contributed by atoms with E-state index < -0.39 is 29.0 Å². The van der Waals surface area contributed by atoms with Gasteiger partial charge in [-0.25, -0.2) is 4.79 Å². The molecule has 0 aromatic heterocycles. The maximum Gasteiger partial charge on any atom is 0.415 e. The van der Waals surface area contributed by atoms with E-state index >= 15 is 0 Å². The monoisotopic (exact) mass is 518 g/mol. The van der Waals surface area contributed by atoms with Crippen molar-refractivity contribution in [3.63, 3.8) is 0 Å². The lowest BCUT2D eigenvalue weighted by molar-refractivity contribution is -0.296. The molecule has 7 rings (SSSR count). The van der Waals surface area contributed by atoms with Crippen molar-refractivity contribution in [3.05, 3.63) is 22.2 Å². The topological polar surface area (TPSA) is 80.7 Å². The number of likely N-dealkylation sites (tertiary alicyclic amines) is 1. The summed E-state index contributed by atoms with van der Waals surface area (Å²) < 4.78 is 25.2. The number of rotatable bonds is 5. The minimum atomic E-state index is -0.988. The minimum absolute atomic E-state index is 0.0182.